The zero-order chi connectivity index (χ0) is 10.3. The molecular weight excluding hydrogens is 180 g/mol. The number of fused-ring (bicyclic) bond motifs is 1. The van der Waals surface area contributed by atoms with Crippen molar-refractivity contribution in [1.82, 2.24) is 10.2 Å². The lowest BCUT2D eigenvalue weighted by Crippen LogP contribution is -2.61. The van der Waals surface area contributed by atoms with Gasteiger partial charge in [-0.25, -0.2) is 0 Å². The lowest BCUT2D eigenvalue weighted by molar-refractivity contribution is -0.146. The van der Waals surface area contributed by atoms with Crippen LogP contribution in [0.1, 0.15) is 20.3 Å². The van der Waals surface area contributed by atoms with Crippen molar-refractivity contribution in [2.75, 3.05) is 0 Å². The number of hydrogen-bond donors (Lipinski definition) is 1. The number of carbonyl (C=O) groups excluding carboxylic acids is 2. The molecule has 2 atom stereocenters. The van der Waals surface area contributed by atoms with E-state index >= 15 is 0 Å². The second kappa shape index (κ2) is 3.12. The van der Waals surface area contributed by atoms with Crippen LogP contribution in [0.2, 0.25) is 0 Å². The highest BCUT2D eigenvalue weighted by molar-refractivity contribution is 5.98. The minimum atomic E-state index is -0.360. The molecule has 2 unspecified atom stereocenters. The number of nitrogens with one attached hydrogen (secondary N) is 1. The first kappa shape index (κ1) is 9.24. The van der Waals surface area contributed by atoms with Gasteiger partial charge in [-0.2, -0.15) is 0 Å². The van der Waals surface area contributed by atoms with E-state index < -0.39 is 0 Å². The van der Waals surface area contributed by atoms with Gasteiger partial charge in [0.1, 0.15) is 12.1 Å². The highest BCUT2D eigenvalue weighted by atomic mass is 16.2. The Labute approximate surface area is 83.0 Å². The third kappa shape index (κ3) is 1.22. The summed E-state index contributed by atoms with van der Waals surface area (Å²) in [5.74, 6) is 0.119. The molecule has 0 bridgehead atoms. The molecule has 2 aliphatic rings. The molecule has 0 spiro atoms. The quantitative estimate of drug-likeness (QED) is 0.650. The van der Waals surface area contributed by atoms with Crippen LogP contribution in [0.15, 0.2) is 12.3 Å². The Morgan fingerprint density at radius 1 is 1.50 bits per heavy atom. The van der Waals surface area contributed by atoms with Gasteiger partial charge in [-0.1, -0.05) is 19.9 Å². The molecule has 0 saturated carbocycles. The average Bonchev–Trinajstić information content (AvgIpc) is 2.59. The van der Waals surface area contributed by atoms with E-state index in [0.29, 0.717) is 6.42 Å². The van der Waals surface area contributed by atoms with Crippen molar-refractivity contribution < 1.29 is 9.59 Å². The number of piperazine rings is 1. The highest BCUT2D eigenvalue weighted by Gasteiger charge is 2.41. The van der Waals surface area contributed by atoms with E-state index in [1.807, 2.05) is 19.9 Å². The molecule has 0 aliphatic carbocycles. The molecule has 1 saturated heterocycles. The predicted octanol–water partition coefficient (Wildman–Crippen LogP) is 0.255. The topological polar surface area (TPSA) is 49.4 Å². The Morgan fingerprint density at radius 3 is 2.86 bits per heavy atom. The molecule has 1 N–H and O–H groups in total. The fourth-order valence-electron chi connectivity index (χ4n) is 1.90. The molecule has 0 aromatic carbocycles. The number of nitrogens with zero attached hydrogens (tertiary/aromatic N) is 1. The van der Waals surface area contributed by atoms with Crippen LogP contribution in [0, 0.1) is 5.92 Å². The molecular formula is C10H14N2O2. The molecule has 14 heavy (non-hydrogen) atoms. The Morgan fingerprint density at radius 2 is 2.21 bits per heavy atom. The van der Waals surface area contributed by atoms with E-state index in [1.165, 1.54) is 0 Å². The normalized spacial score (nSPS) is 30.9. The Balaban J connectivity index is 2.24. The van der Waals surface area contributed by atoms with E-state index in [-0.39, 0.29) is 29.8 Å². The summed E-state index contributed by atoms with van der Waals surface area (Å²) in [6.45, 7) is 3.87. The second-order valence-corrected chi connectivity index (χ2v) is 4.11. The first-order valence-electron chi connectivity index (χ1n) is 4.90. The zero-order valence-electron chi connectivity index (χ0n) is 8.36. The van der Waals surface area contributed by atoms with Crippen LogP contribution in [-0.2, 0) is 9.59 Å². The maximum atomic E-state index is 11.9. The summed E-state index contributed by atoms with van der Waals surface area (Å²) in [7, 11) is 0. The third-order valence-electron chi connectivity index (χ3n) is 2.75. The summed E-state index contributed by atoms with van der Waals surface area (Å²) in [5, 5.41) is 2.77. The van der Waals surface area contributed by atoms with Crippen molar-refractivity contribution in [3.8, 4) is 0 Å². The molecule has 2 rings (SSSR count). The zero-order valence-corrected chi connectivity index (χ0v) is 8.36. The third-order valence-corrected chi connectivity index (χ3v) is 2.75. The van der Waals surface area contributed by atoms with Crippen molar-refractivity contribution >= 4 is 11.8 Å². The van der Waals surface area contributed by atoms with Gasteiger partial charge in [0.2, 0.25) is 11.8 Å². The summed E-state index contributed by atoms with van der Waals surface area (Å²) in [6, 6.07) is -0.654. The van der Waals surface area contributed by atoms with Gasteiger partial charge >= 0.3 is 0 Å². The van der Waals surface area contributed by atoms with Gasteiger partial charge in [0.05, 0.1) is 0 Å². The Kier molecular flexibility index (Phi) is 2.06. The van der Waals surface area contributed by atoms with Crippen LogP contribution in [0.25, 0.3) is 0 Å². The van der Waals surface area contributed by atoms with Gasteiger partial charge in [0.25, 0.3) is 0 Å². The maximum absolute atomic E-state index is 11.9. The van der Waals surface area contributed by atoms with E-state index in [4.69, 9.17) is 0 Å². The number of hydrogen-bond acceptors (Lipinski definition) is 2. The molecule has 4 heteroatoms. The summed E-state index contributed by atoms with van der Waals surface area (Å²) >= 11 is 0. The molecule has 4 nitrogen and oxygen atoms in total. The van der Waals surface area contributed by atoms with Gasteiger partial charge in [0, 0.05) is 6.20 Å². The predicted molar refractivity (Wildman–Crippen MR) is 51.2 cm³/mol. The minimum absolute atomic E-state index is 0.0124. The first-order chi connectivity index (χ1) is 6.61. The molecule has 2 aliphatic heterocycles. The standard InChI is InChI=1S/C10H14N2O2/c1-6(2)8-10(14)12-5-3-4-7(12)9(13)11-8/h3,5-8H,4H2,1-2H3,(H,11,13). The van der Waals surface area contributed by atoms with Crippen LogP contribution in [0.4, 0.5) is 0 Å². The summed E-state index contributed by atoms with van der Waals surface area (Å²) < 4.78 is 0. The van der Waals surface area contributed by atoms with E-state index in [1.54, 1.807) is 11.1 Å². The molecule has 0 aromatic rings. The SMILES string of the molecule is CC(C)C1NC(=O)C2CC=CN2C1=O. The van der Waals surface area contributed by atoms with Crippen LogP contribution >= 0.6 is 0 Å². The lowest BCUT2D eigenvalue weighted by atomic mass is 9.98. The Hall–Kier alpha value is -1.32. The monoisotopic (exact) mass is 194 g/mol. The molecule has 0 radical (unpaired) electrons. The summed E-state index contributed by atoms with van der Waals surface area (Å²) in [4.78, 5) is 25.0. The van der Waals surface area contributed by atoms with Gasteiger partial charge < -0.3 is 10.2 Å². The van der Waals surface area contributed by atoms with Crippen molar-refractivity contribution in [1.29, 1.82) is 0 Å². The van der Waals surface area contributed by atoms with Gasteiger partial charge in [0.15, 0.2) is 0 Å². The fourth-order valence-corrected chi connectivity index (χ4v) is 1.90. The van der Waals surface area contributed by atoms with E-state index in [9.17, 15) is 9.59 Å². The smallest absolute Gasteiger partial charge is 0.250 e. The number of carbonyl (C=O) groups is 2. The molecule has 0 aromatic heterocycles. The van der Waals surface area contributed by atoms with E-state index in [0.717, 1.165) is 0 Å². The molecule has 2 amide bonds. The second-order valence-electron chi connectivity index (χ2n) is 4.11. The molecule has 2 heterocycles. The van der Waals surface area contributed by atoms with Crippen molar-refractivity contribution in [3.63, 3.8) is 0 Å². The molecule has 1 fully saturated rings. The van der Waals surface area contributed by atoms with Crippen LogP contribution < -0.4 is 5.32 Å². The summed E-state index contributed by atoms with van der Waals surface area (Å²) in [5.41, 5.74) is 0. The van der Waals surface area contributed by atoms with Crippen molar-refractivity contribution in [3.05, 3.63) is 12.3 Å². The van der Waals surface area contributed by atoms with Gasteiger partial charge in [-0.05, 0) is 12.3 Å². The lowest BCUT2D eigenvalue weighted by Gasteiger charge is -2.35. The number of amides is 2. The number of rotatable bonds is 1. The maximum Gasteiger partial charge on any atom is 0.250 e. The van der Waals surface area contributed by atoms with E-state index in [2.05, 4.69) is 5.32 Å². The average molecular weight is 194 g/mol. The van der Waals surface area contributed by atoms with Gasteiger partial charge in [-0.3, -0.25) is 9.59 Å². The highest BCUT2D eigenvalue weighted by Crippen LogP contribution is 2.22. The van der Waals surface area contributed by atoms with Crippen LogP contribution in [0.5, 0.6) is 0 Å². The summed E-state index contributed by atoms with van der Waals surface area (Å²) in [6.07, 6.45) is 4.23. The van der Waals surface area contributed by atoms with Crippen molar-refractivity contribution in [2.24, 2.45) is 5.92 Å². The first-order valence-corrected chi connectivity index (χ1v) is 4.90. The van der Waals surface area contributed by atoms with Crippen LogP contribution in [-0.4, -0.2) is 28.8 Å². The fraction of sp³-hybridized carbons (Fsp3) is 0.600. The molecule has 76 valence electrons. The van der Waals surface area contributed by atoms with Crippen LogP contribution in [0.3, 0.4) is 0 Å². The Bertz CT molecular complexity index is 309. The van der Waals surface area contributed by atoms with Crippen molar-refractivity contribution in [2.45, 2.75) is 32.4 Å². The largest absolute Gasteiger partial charge is 0.342 e. The van der Waals surface area contributed by atoms with Gasteiger partial charge in [-0.15, -0.1) is 0 Å². The minimum Gasteiger partial charge on any atom is -0.342 e.